The Hall–Kier alpha value is -4.41. The van der Waals surface area contributed by atoms with Crippen molar-refractivity contribution in [3.63, 3.8) is 0 Å². The minimum atomic E-state index is -0.493. The predicted molar refractivity (Wildman–Crippen MR) is 155 cm³/mol. The van der Waals surface area contributed by atoms with Gasteiger partial charge in [-0.3, -0.25) is 4.79 Å². The SMILES string of the molecule is COc1cc(F)cc(Cl)c1COc1ccc2cc1COCCCCNC(=O)c1ccc(c(N)c1)-c1ccnc(n1)N2. The first-order valence-electron chi connectivity index (χ1n) is 13.0. The molecule has 0 saturated heterocycles. The zero-order chi connectivity index (χ0) is 28.8. The maximum atomic E-state index is 13.8. The maximum absolute atomic E-state index is 13.8. The van der Waals surface area contributed by atoms with Gasteiger partial charge >= 0.3 is 0 Å². The third-order valence-electron chi connectivity index (χ3n) is 6.53. The smallest absolute Gasteiger partial charge is 0.251 e. The summed E-state index contributed by atoms with van der Waals surface area (Å²) in [7, 11) is 1.45. The van der Waals surface area contributed by atoms with Crippen molar-refractivity contribution in [3.8, 4) is 22.8 Å². The second-order valence-corrected chi connectivity index (χ2v) is 9.79. The fourth-order valence-corrected chi connectivity index (χ4v) is 4.67. The molecule has 0 radical (unpaired) electrons. The molecule has 9 nitrogen and oxygen atoms in total. The van der Waals surface area contributed by atoms with Crippen LogP contribution in [0.4, 0.5) is 21.7 Å². The molecule has 0 aliphatic carbocycles. The van der Waals surface area contributed by atoms with Crippen molar-refractivity contribution in [3.05, 3.63) is 88.3 Å². The number of fused-ring (bicyclic) bond motifs is 9. The largest absolute Gasteiger partial charge is 0.496 e. The Balaban J connectivity index is 1.43. The van der Waals surface area contributed by atoms with E-state index >= 15 is 0 Å². The zero-order valence-electron chi connectivity index (χ0n) is 22.4. The Kier molecular flexibility index (Phi) is 8.81. The van der Waals surface area contributed by atoms with Crippen molar-refractivity contribution >= 4 is 34.8 Å². The number of nitrogens with zero attached hydrogens (tertiary/aromatic N) is 2. The lowest BCUT2D eigenvalue weighted by Gasteiger charge is -2.16. The number of aromatic nitrogens is 2. The summed E-state index contributed by atoms with van der Waals surface area (Å²) in [5.74, 6) is 0.549. The van der Waals surface area contributed by atoms with Gasteiger partial charge in [-0.2, -0.15) is 0 Å². The van der Waals surface area contributed by atoms with Crippen LogP contribution in [0, 0.1) is 5.82 Å². The van der Waals surface area contributed by atoms with Gasteiger partial charge in [0.15, 0.2) is 0 Å². The molecule has 2 aliphatic rings. The molecular weight excluding hydrogens is 549 g/mol. The Labute approximate surface area is 241 Å². The molecule has 6 rings (SSSR count). The molecule has 0 spiro atoms. The molecule has 3 heterocycles. The van der Waals surface area contributed by atoms with Gasteiger partial charge in [0.25, 0.3) is 5.91 Å². The van der Waals surface area contributed by atoms with Crippen LogP contribution in [0.25, 0.3) is 11.3 Å². The number of methoxy groups -OCH3 is 1. The highest BCUT2D eigenvalue weighted by Crippen LogP contribution is 2.32. The van der Waals surface area contributed by atoms with Gasteiger partial charge in [-0.05, 0) is 61.4 Å². The van der Waals surface area contributed by atoms with Gasteiger partial charge in [0.2, 0.25) is 5.95 Å². The molecule has 0 fully saturated rings. The molecule has 0 saturated carbocycles. The number of halogens is 2. The van der Waals surface area contributed by atoms with E-state index in [4.69, 9.17) is 31.5 Å². The van der Waals surface area contributed by atoms with Gasteiger partial charge in [0.05, 0.1) is 30.0 Å². The van der Waals surface area contributed by atoms with Crippen molar-refractivity contribution in [1.82, 2.24) is 15.3 Å². The lowest BCUT2D eigenvalue weighted by Crippen LogP contribution is -2.24. The van der Waals surface area contributed by atoms with Crippen molar-refractivity contribution in [1.29, 1.82) is 0 Å². The number of carbonyl (C=O) groups excluding carboxylic acids is 1. The van der Waals surface area contributed by atoms with E-state index < -0.39 is 5.82 Å². The maximum Gasteiger partial charge on any atom is 0.251 e. The number of ether oxygens (including phenoxy) is 3. The summed E-state index contributed by atoms with van der Waals surface area (Å²) in [5.41, 5.74) is 10.5. The number of anilines is 3. The summed E-state index contributed by atoms with van der Waals surface area (Å²) < 4.78 is 31.2. The van der Waals surface area contributed by atoms with E-state index in [1.54, 1.807) is 30.5 Å². The standard InChI is InChI=1S/C30H29ClFN5O4/c1-39-28-15-20(32)14-24(31)23(28)17-41-27-7-5-21-12-19(27)16-40-11-3-2-9-34-29(38)18-4-6-22(25(33)13-18)26-8-10-35-30(36-21)37-26/h4-8,10,12-15H,2-3,9,11,16-17,33H2,1H3,(H,34,38)(H,35,36,37). The lowest BCUT2D eigenvalue weighted by atomic mass is 10.1. The number of hydrogen-bond donors (Lipinski definition) is 3. The number of amides is 1. The second kappa shape index (κ2) is 12.8. The Morgan fingerprint density at radius 1 is 1.10 bits per heavy atom. The third-order valence-corrected chi connectivity index (χ3v) is 6.87. The average molecular weight is 578 g/mol. The highest BCUT2D eigenvalue weighted by Gasteiger charge is 2.15. The average Bonchev–Trinajstić information content (AvgIpc) is 2.96. The van der Waals surface area contributed by atoms with Crippen LogP contribution in [0.2, 0.25) is 5.02 Å². The van der Waals surface area contributed by atoms with Crippen molar-refractivity contribution in [2.75, 3.05) is 31.3 Å². The van der Waals surface area contributed by atoms with E-state index in [9.17, 15) is 9.18 Å². The summed E-state index contributed by atoms with van der Waals surface area (Å²) in [6, 6.07) is 14.9. The van der Waals surface area contributed by atoms with Crippen LogP contribution in [-0.2, 0) is 18.0 Å². The Morgan fingerprint density at radius 2 is 1.98 bits per heavy atom. The van der Waals surface area contributed by atoms with Crippen LogP contribution in [-0.4, -0.2) is 36.1 Å². The molecule has 41 heavy (non-hydrogen) atoms. The monoisotopic (exact) mass is 577 g/mol. The van der Waals surface area contributed by atoms with Gasteiger partial charge in [-0.1, -0.05) is 11.6 Å². The fourth-order valence-electron chi connectivity index (χ4n) is 4.41. The molecule has 6 bridgehead atoms. The van der Waals surface area contributed by atoms with Crippen molar-refractivity contribution in [2.45, 2.75) is 26.1 Å². The second-order valence-electron chi connectivity index (χ2n) is 9.39. The first-order chi connectivity index (χ1) is 19.9. The molecule has 4 N–H and O–H groups in total. The Morgan fingerprint density at radius 3 is 2.80 bits per heavy atom. The van der Waals surface area contributed by atoms with Crippen LogP contribution in [0.3, 0.4) is 0 Å². The first kappa shape index (κ1) is 28.1. The van der Waals surface area contributed by atoms with E-state index in [-0.39, 0.29) is 24.1 Å². The summed E-state index contributed by atoms with van der Waals surface area (Å²) in [4.78, 5) is 21.6. The number of nitrogens with two attached hydrogens (primary N) is 1. The minimum Gasteiger partial charge on any atom is -0.496 e. The highest BCUT2D eigenvalue weighted by atomic mass is 35.5. The quantitative estimate of drug-likeness (QED) is 0.257. The van der Waals surface area contributed by atoms with Gasteiger partial charge in [-0.15, -0.1) is 0 Å². The zero-order valence-corrected chi connectivity index (χ0v) is 23.1. The normalized spacial score (nSPS) is 13.8. The molecule has 1 amide bonds. The van der Waals surface area contributed by atoms with Gasteiger partial charge < -0.3 is 30.6 Å². The number of nitrogens with one attached hydrogen (secondary N) is 2. The molecule has 11 heteroatoms. The van der Waals surface area contributed by atoms with Crippen LogP contribution in [0.1, 0.15) is 34.3 Å². The molecule has 0 unspecified atom stereocenters. The Bertz CT molecular complexity index is 1570. The molecule has 1 aromatic heterocycles. The molecule has 0 atom stereocenters. The third kappa shape index (κ3) is 6.85. The molecule has 3 aromatic carbocycles. The molecule has 4 aromatic rings. The van der Waals surface area contributed by atoms with E-state index in [2.05, 4.69) is 20.6 Å². The van der Waals surface area contributed by atoms with Crippen LogP contribution in [0.5, 0.6) is 11.5 Å². The summed E-state index contributed by atoms with van der Waals surface area (Å²) in [6.07, 6.45) is 3.13. The minimum absolute atomic E-state index is 0.0625. The fraction of sp³-hybridized carbons (Fsp3) is 0.233. The number of benzene rings is 3. The van der Waals surface area contributed by atoms with E-state index in [0.29, 0.717) is 58.7 Å². The summed E-state index contributed by atoms with van der Waals surface area (Å²) >= 11 is 6.28. The first-order valence-corrected chi connectivity index (χ1v) is 13.4. The van der Waals surface area contributed by atoms with Crippen molar-refractivity contribution < 1.29 is 23.4 Å². The van der Waals surface area contributed by atoms with Crippen LogP contribution in [0.15, 0.2) is 60.8 Å². The predicted octanol–water partition coefficient (Wildman–Crippen LogP) is 5.89. The molecule has 2 aliphatic heterocycles. The van der Waals surface area contributed by atoms with E-state index in [1.165, 1.54) is 19.2 Å². The van der Waals surface area contributed by atoms with Crippen LogP contribution < -0.4 is 25.8 Å². The number of rotatable bonds is 4. The molecule has 212 valence electrons. The summed E-state index contributed by atoms with van der Waals surface area (Å²) in [6.45, 7) is 1.32. The van der Waals surface area contributed by atoms with Gasteiger partial charge in [0.1, 0.15) is 23.9 Å². The topological polar surface area (TPSA) is 121 Å². The molecular formula is C30H29ClFN5O4. The van der Waals surface area contributed by atoms with E-state index in [0.717, 1.165) is 24.1 Å². The summed E-state index contributed by atoms with van der Waals surface area (Å²) in [5, 5.41) is 6.36. The number of nitrogen functional groups attached to an aromatic ring is 1. The number of hydrogen-bond acceptors (Lipinski definition) is 8. The van der Waals surface area contributed by atoms with Gasteiger partial charge in [0, 0.05) is 53.5 Å². The van der Waals surface area contributed by atoms with E-state index in [1.807, 2.05) is 18.2 Å². The number of carbonyl (C=O) groups is 1. The van der Waals surface area contributed by atoms with Crippen LogP contribution >= 0.6 is 11.6 Å². The lowest BCUT2D eigenvalue weighted by molar-refractivity contribution is 0.0945. The van der Waals surface area contributed by atoms with Gasteiger partial charge in [-0.25, -0.2) is 14.4 Å². The van der Waals surface area contributed by atoms with Crippen molar-refractivity contribution in [2.24, 2.45) is 0 Å². The highest BCUT2D eigenvalue weighted by molar-refractivity contribution is 6.31.